The molecule has 1 aliphatic rings. The molecule has 3 rings (SSSR count). The third kappa shape index (κ3) is 1.79. The van der Waals surface area contributed by atoms with Crippen LogP contribution in [0.3, 0.4) is 0 Å². The summed E-state index contributed by atoms with van der Waals surface area (Å²) in [5.74, 6) is 0. The van der Waals surface area contributed by atoms with Crippen LogP contribution in [0.15, 0.2) is 35.7 Å². The summed E-state index contributed by atoms with van der Waals surface area (Å²) >= 11 is 0. The molecule has 0 aliphatic heterocycles. The maximum atomic E-state index is 13.1. The molecular weight excluding hydrogens is 257 g/mol. The molecule has 2 aromatic heterocycles. The molecule has 7 heteroatoms. The van der Waals surface area contributed by atoms with Gasteiger partial charge in [0, 0.05) is 12.6 Å². The highest BCUT2D eigenvalue weighted by Gasteiger charge is 2.53. The van der Waals surface area contributed by atoms with Gasteiger partial charge in [-0.2, -0.15) is 0 Å². The largest absolute Gasteiger partial charge is 0.305 e. The Bertz CT molecular complexity index is 712. The molecule has 2 aromatic rings. The summed E-state index contributed by atoms with van der Waals surface area (Å²) in [5.41, 5.74) is -0.155. The minimum Gasteiger partial charge on any atom is -0.305 e. The topological polar surface area (TPSA) is 63.5 Å². The summed E-state index contributed by atoms with van der Waals surface area (Å²) in [6.45, 7) is 1.56. The van der Waals surface area contributed by atoms with Crippen LogP contribution in [0, 0.1) is 0 Å². The number of halogens is 1. The van der Waals surface area contributed by atoms with Gasteiger partial charge in [0.1, 0.15) is 6.17 Å². The molecule has 5 nitrogen and oxygen atoms in total. The number of nitrogens with one attached hydrogen (secondary N) is 1. The van der Waals surface area contributed by atoms with Gasteiger partial charge in [-0.3, -0.25) is 0 Å². The average Bonchev–Trinajstić information content (AvgIpc) is 2.74. The van der Waals surface area contributed by atoms with Gasteiger partial charge in [-0.05, 0) is 19.1 Å². The fourth-order valence-electron chi connectivity index (χ4n) is 1.84. The molecule has 1 saturated carbocycles. The van der Waals surface area contributed by atoms with Crippen LogP contribution in [0.5, 0.6) is 0 Å². The van der Waals surface area contributed by atoms with E-state index in [0.29, 0.717) is 0 Å². The minimum atomic E-state index is -3.70. The molecule has 0 saturated heterocycles. The van der Waals surface area contributed by atoms with Crippen LogP contribution < -0.4 is 4.72 Å². The highest BCUT2D eigenvalue weighted by atomic mass is 32.2. The number of hydrogen-bond acceptors (Lipinski definition) is 3. The van der Waals surface area contributed by atoms with E-state index in [9.17, 15) is 12.8 Å². The predicted octanol–water partition coefficient (Wildman–Crippen LogP) is 1.11. The highest BCUT2D eigenvalue weighted by molar-refractivity contribution is 7.89. The van der Waals surface area contributed by atoms with Crippen molar-refractivity contribution in [2.75, 3.05) is 0 Å². The molecule has 2 atom stereocenters. The molecule has 1 fully saturated rings. The zero-order valence-corrected chi connectivity index (χ0v) is 10.5. The van der Waals surface area contributed by atoms with Gasteiger partial charge < -0.3 is 4.40 Å². The third-order valence-electron chi connectivity index (χ3n) is 3.19. The second-order valence-electron chi connectivity index (χ2n) is 4.79. The molecule has 0 aromatic carbocycles. The molecule has 2 heterocycles. The van der Waals surface area contributed by atoms with Crippen LogP contribution in [-0.2, 0) is 10.0 Å². The lowest BCUT2D eigenvalue weighted by Crippen LogP contribution is -2.36. The van der Waals surface area contributed by atoms with Crippen molar-refractivity contribution in [3.05, 3.63) is 30.9 Å². The number of alkyl halides is 1. The van der Waals surface area contributed by atoms with E-state index in [1.165, 1.54) is 18.6 Å². The van der Waals surface area contributed by atoms with Crippen molar-refractivity contribution in [3.63, 3.8) is 0 Å². The molecule has 1 aliphatic carbocycles. The van der Waals surface area contributed by atoms with Crippen LogP contribution in [0.25, 0.3) is 5.52 Å². The number of fused-ring (bicyclic) bond motifs is 1. The van der Waals surface area contributed by atoms with Gasteiger partial charge >= 0.3 is 0 Å². The van der Waals surface area contributed by atoms with Crippen molar-refractivity contribution in [1.29, 1.82) is 0 Å². The molecule has 96 valence electrons. The number of aromatic nitrogens is 2. The van der Waals surface area contributed by atoms with Crippen molar-refractivity contribution in [3.8, 4) is 0 Å². The molecule has 0 amide bonds. The Balaban J connectivity index is 1.97. The Hall–Kier alpha value is -1.47. The van der Waals surface area contributed by atoms with E-state index in [-0.39, 0.29) is 11.3 Å². The molecule has 0 spiro atoms. The summed E-state index contributed by atoms with van der Waals surface area (Å²) in [7, 11) is -3.70. The first kappa shape index (κ1) is 11.6. The van der Waals surface area contributed by atoms with Crippen LogP contribution in [0.1, 0.15) is 13.3 Å². The number of imidazole rings is 1. The van der Waals surface area contributed by atoms with Gasteiger partial charge in [0.05, 0.1) is 28.5 Å². The smallest absolute Gasteiger partial charge is 0.242 e. The zero-order valence-electron chi connectivity index (χ0n) is 9.67. The predicted molar refractivity (Wildman–Crippen MR) is 63.4 cm³/mol. The molecule has 0 radical (unpaired) electrons. The maximum absolute atomic E-state index is 13.1. The van der Waals surface area contributed by atoms with E-state index in [1.54, 1.807) is 23.6 Å². The quantitative estimate of drug-likeness (QED) is 0.908. The minimum absolute atomic E-state index is 0.105. The monoisotopic (exact) mass is 269 g/mol. The summed E-state index contributed by atoms with van der Waals surface area (Å²) in [6.07, 6.45) is 3.72. The van der Waals surface area contributed by atoms with E-state index < -0.39 is 21.7 Å². The van der Waals surface area contributed by atoms with Crippen LogP contribution in [0.4, 0.5) is 4.39 Å². The number of nitrogens with zero attached hydrogens (tertiary/aromatic N) is 2. The average molecular weight is 269 g/mol. The Labute approximate surface area is 104 Å². The molecular formula is C11H12FN3O2S. The Kier molecular flexibility index (Phi) is 2.27. The van der Waals surface area contributed by atoms with Gasteiger partial charge in [-0.25, -0.2) is 22.5 Å². The van der Waals surface area contributed by atoms with E-state index in [0.717, 1.165) is 5.52 Å². The fourth-order valence-corrected chi connectivity index (χ4v) is 3.29. The highest BCUT2D eigenvalue weighted by Crippen LogP contribution is 2.39. The summed E-state index contributed by atoms with van der Waals surface area (Å²) in [4.78, 5) is 4.02. The van der Waals surface area contributed by atoms with Crippen LogP contribution >= 0.6 is 0 Å². The number of pyridine rings is 1. The molecule has 1 N–H and O–H groups in total. The van der Waals surface area contributed by atoms with Crippen molar-refractivity contribution in [1.82, 2.24) is 14.1 Å². The second-order valence-corrected chi connectivity index (χ2v) is 6.47. The number of hydrogen-bond donors (Lipinski definition) is 1. The second kappa shape index (κ2) is 3.52. The lowest BCUT2D eigenvalue weighted by Gasteiger charge is -2.12. The van der Waals surface area contributed by atoms with Crippen molar-refractivity contribution in [2.45, 2.75) is 30.0 Å². The van der Waals surface area contributed by atoms with Gasteiger partial charge in [0.15, 0.2) is 0 Å². The Morgan fingerprint density at radius 3 is 2.94 bits per heavy atom. The first-order valence-corrected chi connectivity index (χ1v) is 6.99. The lowest BCUT2D eigenvalue weighted by molar-refractivity contribution is 0.415. The Morgan fingerprint density at radius 2 is 2.28 bits per heavy atom. The van der Waals surface area contributed by atoms with Crippen LogP contribution in [0.2, 0.25) is 0 Å². The summed E-state index contributed by atoms with van der Waals surface area (Å²) in [6, 6.07) is 3.14. The van der Waals surface area contributed by atoms with Gasteiger partial charge in [0.25, 0.3) is 0 Å². The van der Waals surface area contributed by atoms with Gasteiger partial charge in [-0.1, -0.05) is 0 Å². The summed E-state index contributed by atoms with van der Waals surface area (Å²) in [5, 5.41) is 0. The van der Waals surface area contributed by atoms with Crippen molar-refractivity contribution in [2.24, 2.45) is 0 Å². The molecule has 18 heavy (non-hydrogen) atoms. The first-order valence-electron chi connectivity index (χ1n) is 5.50. The Morgan fingerprint density at radius 1 is 1.56 bits per heavy atom. The van der Waals surface area contributed by atoms with E-state index in [2.05, 4.69) is 9.71 Å². The summed E-state index contributed by atoms with van der Waals surface area (Å²) < 4.78 is 41.2. The first-order chi connectivity index (χ1) is 8.41. The van der Waals surface area contributed by atoms with E-state index in [1.807, 2.05) is 0 Å². The molecule has 0 bridgehead atoms. The normalized spacial score (nSPS) is 27.6. The standard InChI is InChI=1S/C11H12FN3O2S/c1-11(4-10(11)12)14-18(16,17)9-3-2-8-5-13-7-15(8)6-9/h2-3,5-7,10,14H,4H2,1H3. The fraction of sp³-hybridized carbons (Fsp3) is 0.364. The lowest BCUT2D eigenvalue weighted by atomic mass is 10.4. The van der Waals surface area contributed by atoms with E-state index >= 15 is 0 Å². The van der Waals surface area contributed by atoms with Crippen LogP contribution in [-0.4, -0.2) is 29.5 Å². The van der Waals surface area contributed by atoms with Gasteiger partial charge in [0.2, 0.25) is 10.0 Å². The van der Waals surface area contributed by atoms with E-state index in [4.69, 9.17) is 0 Å². The van der Waals surface area contributed by atoms with Crippen molar-refractivity contribution >= 4 is 15.5 Å². The third-order valence-corrected chi connectivity index (χ3v) is 4.79. The number of sulfonamides is 1. The van der Waals surface area contributed by atoms with Crippen molar-refractivity contribution < 1.29 is 12.8 Å². The van der Waals surface area contributed by atoms with Gasteiger partial charge in [-0.15, -0.1) is 0 Å². The maximum Gasteiger partial charge on any atom is 0.242 e. The SMILES string of the molecule is CC1(NS(=O)(=O)c2ccc3cncn3c2)CC1F. The molecule has 2 unspecified atom stereocenters. The zero-order chi connectivity index (χ0) is 13.0. The number of rotatable bonds is 3.